The van der Waals surface area contributed by atoms with Crippen LogP contribution in [0.15, 0.2) is 0 Å². The molecule has 0 radical (unpaired) electrons. The normalized spacial score (nSPS) is 5.49. The van der Waals surface area contributed by atoms with E-state index in [1.165, 1.54) is 0 Å². The fraction of sp³-hybridized carbons (Fsp3) is 0. The van der Waals surface area contributed by atoms with E-state index in [4.69, 9.17) is 181 Å². The SMILES string of the molecule is O.O.O.O.O.O.O.O.O.OB(O)O.OB(O)O.OB(O)O.OB(O)O.OB(O)O.OB(O)O.OB(O)O.OB(O)O.OB(O)O.OB(O)O.OB(O)O.[Na+].[Na+].[O-]B([O-])O. The molecule has 0 rings (SSSR count). The summed E-state index contributed by atoms with van der Waals surface area (Å²) < 4.78 is 0. The monoisotopic (exact) mass is 950 g/mol. The first kappa shape index (κ1) is 153. The summed E-state index contributed by atoms with van der Waals surface area (Å²) in [6, 6.07) is 0. The molecule has 0 aliphatic rings. The van der Waals surface area contributed by atoms with Crippen LogP contribution in [0.4, 0.5) is 0 Å². The van der Waals surface area contributed by atoms with Crippen LogP contribution in [-0.2, 0) is 0 Å². The maximum atomic E-state index is 8.53. The third-order valence-corrected chi connectivity index (χ3v) is 0. The molecule has 52 N–H and O–H groups in total. The summed E-state index contributed by atoms with van der Waals surface area (Å²) in [4.78, 5) is 0. The first-order valence-corrected chi connectivity index (χ1v) is 9.25. The van der Waals surface area contributed by atoms with Crippen LogP contribution in [0.3, 0.4) is 0 Å². The average molecular weight is 948 g/mol. The van der Waals surface area contributed by atoms with Crippen molar-refractivity contribution in [1.82, 2.24) is 0 Å². The van der Waals surface area contributed by atoms with Gasteiger partial charge in [-0.15, -0.1) is 0 Å². The molecule has 45 nitrogen and oxygen atoms in total. The van der Waals surface area contributed by atoms with Gasteiger partial charge in [0.15, 0.2) is 0 Å². The molecule has 0 aromatic heterocycles. The van der Waals surface area contributed by atoms with Crippen molar-refractivity contribution < 1.29 is 289 Å². The fourth-order valence-corrected chi connectivity index (χ4v) is 0. The van der Waals surface area contributed by atoms with Crippen molar-refractivity contribution in [3.8, 4) is 0 Å². The molecule has 0 bridgehead atoms. The summed E-state index contributed by atoms with van der Waals surface area (Å²) in [5, 5.41) is 260. The summed E-state index contributed by atoms with van der Waals surface area (Å²) in [5.41, 5.74) is 0. The van der Waals surface area contributed by atoms with Crippen molar-refractivity contribution in [3.63, 3.8) is 0 Å². The van der Waals surface area contributed by atoms with Gasteiger partial charge in [0, 0.05) is 0 Å². The van der Waals surface area contributed by atoms with E-state index in [-0.39, 0.29) is 108 Å². The summed E-state index contributed by atoms with van der Waals surface area (Å²) in [5.74, 6) is 0. The van der Waals surface area contributed by atoms with Gasteiger partial charge in [-0.2, -0.15) is 0 Å². The molecule has 0 spiro atoms. The minimum Gasteiger partial charge on any atom is -0.871 e. The third-order valence-electron chi connectivity index (χ3n) is 0. The van der Waals surface area contributed by atoms with E-state index >= 15 is 0 Å². The second-order valence-electron chi connectivity index (χ2n) is 4.12. The molecule has 0 saturated heterocycles. The fourth-order valence-electron chi connectivity index (χ4n) is 0. The van der Waals surface area contributed by atoms with Crippen LogP contribution >= 0.6 is 0 Å². The molecule has 0 heterocycles. The standard InChI is InChI=1S/11BH3O3.BHO3.2Na.9H2O/c12*2-1(3)4;;;;;;;;;;;/h11*2-4H;2H;;;9*1H2/q;;;;;;;;;;;-2;2*+1;;;;;;;;;. The number of rotatable bonds is 0. The van der Waals surface area contributed by atoms with Gasteiger partial charge in [0.05, 0.1) is 7.32 Å². The van der Waals surface area contributed by atoms with Crippen molar-refractivity contribution in [2.75, 3.05) is 0 Å². The zero-order valence-corrected chi connectivity index (χ0v) is 33.4. The first-order valence-electron chi connectivity index (χ1n) is 9.25. The van der Waals surface area contributed by atoms with E-state index in [1.807, 2.05) is 0 Å². The van der Waals surface area contributed by atoms with E-state index in [9.17, 15) is 0 Å². The zero-order valence-electron chi connectivity index (χ0n) is 29.4. The summed E-state index contributed by atoms with van der Waals surface area (Å²) >= 11 is 0. The second-order valence-corrected chi connectivity index (χ2v) is 4.12. The minimum atomic E-state index is -2.67. The van der Waals surface area contributed by atoms with Crippen LogP contribution in [0.5, 0.6) is 0 Å². The molecule has 0 saturated carbocycles. The van der Waals surface area contributed by atoms with Crippen LogP contribution in [-0.4, -0.2) is 308 Å². The molecule has 360 valence electrons. The Morgan fingerprint density at radius 2 is 0.153 bits per heavy atom. The smallest absolute Gasteiger partial charge is 0.871 e. The maximum Gasteiger partial charge on any atom is 1.00 e. The van der Waals surface area contributed by atoms with Crippen molar-refractivity contribution in [3.05, 3.63) is 0 Å². The van der Waals surface area contributed by atoms with Crippen molar-refractivity contribution in [2.24, 2.45) is 0 Å². The van der Waals surface area contributed by atoms with Gasteiger partial charge in [0.1, 0.15) is 0 Å². The van der Waals surface area contributed by atoms with Gasteiger partial charge >= 0.3 is 140 Å². The summed E-state index contributed by atoms with van der Waals surface area (Å²) in [6.07, 6.45) is 0. The molecule has 0 unspecified atom stereocenters. The van der Waals surface area contributed by atoms with Gasteiger partial charge in [-0.3, -0.25) is 0 Å². The molecular weight excluding hydrogens is 896 g/mol. The Bertz CT molecular complexity index is 241. The van der Waals surface area contributed by atoms with Crippen LogP contribution in [0, 0.1) is 0 Å². The van der Waals surface area contributed by atoms with Crippen LogP contribution in [0.1, 0.15) is 0 Å². The predicted molar refractivity (Wildman–Crippen MR) is 177 cm³/mol. The second kappa shape index (κ2) is 145. The van der Waals surface area contributed by atoms with Gasteiger partial charge in [0.2, 0.25) is 0 Å². The van der Waals surface area contributed by atoms with Gasteiger partial charge in [-0.05, 0) is 0 Å². The maximum absolute atomic E-state index is 8.53. The van der Waals surface area contributed by atoms with Crippen molar-refractivity contribution >= 4 is 87.9 Å². The van der Waals surface area contributed by atoms with E-state index in [0.29, 0.717) is 0 Å². The minimum absolute atomic E-state index is 0. The summed E-state index contributed by atoms with van der Waals surface area (Å²) in [6.45, 7) is 0. The molecular formula is H52B12Na2O45. The molecule has 59 heavy (non-hydrogen) atoms. The Labute approximate surface area is 375 Å². The molecule has 0 atom stereocenters. The largest absolute Gasteiger partial charge is 1.00 e. The Kier molecular flexibility index (Phi) is 375. The van der Waals surface area contributed by atoms with Gasteiger partial charge in [-0.25, -0.2) is 0 Å². The molecule has 59 heteroatoms. The van der Waals surface area contributed by atoms with E-state index in [2.05, 4.69) is 0 Å². The number of hydrogen-bond donors (Lipinski definition) is 34. The third kappa shape index (κ3) is 200000. The number of hydrogen-bond acceptors (Lipinski definition) is 36. The molecule has 0 amide bonds. The molecule has 0 aromatic carbocycles. The Morgan fingerprint density at radius 3 is 0.153 bits per heavy atom. The Hall–Kier alpha value is 0.979. The van der Waals surface area contributed by atoms with Gasteiger partial charge < -0.3 is 230 Å². The van der Waals surface area contributed by atoms with Gasteiger partial charge in [0.25, 0.3) is 0 Å². The predicted octanol–water partition coefficient (Wildman–Crippen LogP) is -39.3. The van der Waals surface area contributed by atoms with Gasteiger partial charge in [-0.1, -0.05) is 0 Å². The molecule has 0 aliphatic heterocycles. The van der Waals surface area contributed by atoms with E-state index in [0.717, 1.165) is 0 Å². The molecule has 0 aliphatic carbocycles. The van der Waals surface area contributed by atoms with Crippen molar-refractivity contribution in [2.45, 2.75) is 0 Å². The first-order chi connectivity index (χ1) is 20.8. The average Bonchev–Trinajstić information content (AvgIpc) is 2.61. The Balaban J connectivity index is -0.0000000112. The van der Waals surface area contributed by atoms with Crippen LogP contribution in [0.2, 0.25) is 0 Å². The van der Waals surface area contributed by atoms with Crippen LogP contribution < -0.4 is 69.2 Å². The van der Waals surface area contributed by atoms with Crippen LogP contribution in [0.25, 0.3) is 0 Å². The van der Waals surface area contributed by atoms with Crippen molar-refractivity contribution in [1.29, 1.82) is 0 Å². The molecule has 0 fully saturated rings. The van der Waals surface area contributed by atoms with E-state index in [1.54, 1.807) is 0 Å². The topological polar surface area (TPSA) is 1020 Å². The molecule has 0 aromatic rings. The summed E-state index contributed by atoms with van der Waals surface area (Å²) in [7, 11) is -26.5. The quantitative estimate of drug-likeness (QED) is 0.100. The Morgan fingerprint density at radius 1 is 0.153 bits per heavy atom. The zero-order chi connectivity index (χ0) is 42.9. The van der Waals surface area contributed by atoms with E-state index < -0.39 is 87.9 Å².